The van der Waals surface area contributed by atoms with Crippen molar-refractivity contribution < 1.29 is 9.53 Å². The minimum absolute atomic E-state index is 0.102. The van der Waals surface area contributed by atoms with Gasteiger partial charge in [0.05, 0.1) is 17.4 Å². The van der Waals surface area contributed by atoms with Gasteiger partial charge in [0.2, 0.25) is 0 Å². The first kappa shape index (κ1) is 23.9. The summed E-state index contributed by atoms with van der Waals surface area (Å²) < 4.78 is 7.95. The molecule has 3 heterocycles. The van der Waals surface area contributed by atoms with Crippen LogP contribution in [-0.2, 0) is 4.74 Å². The molecule has 0 radical (unpaired) electrons. The van der Waals surface area contributed by atoms with E-state index in [4.69, 9.17) is 16.3 Å². The van der Waals surface area contributed by atoms with Gasteiger partial charge in [-0.1, -0.05) is 29.8 Å². The second kappa shape index (κ2) is 10.9. The van der Waals surface area contributed by atoms with E-state index in [2.05, 4.69) is 38.6 Å². The summed E-state index contributed by atoms with van der Waals surface area (Å²) in [5, 5.41) is 0.774. The van der Waals surface area contributed by atoms with Crippen LogP contribution in [0.15, 0.2) is 66.9 Å². The van der Waals surface area contributed by atoms with E-state index in [1.807, 2.05) is 47.5 Å². The molecule has 1 unspecified atom stereocenters. The van der Waals surface area contributed by atoms with Crippen molar-refractivity contribution in [1.29, 1.82) is 0 Å². The molecule has 184 valence electrons. The largest absolute Gasteiger partial charge is 0.375 e. The van der Waals surface area contributed by atoms with E-state index in [0.717, 1.165) is 74.1 Å². The molecule has 0 bridgehead atoms. The lowest BCUT2D eigenvalue weighted by molar-refractivity contribution is 0.0690. The van der Waals surface area contributed by atoms with Crippen molar-refractivity contribution in [2.24, 2.45) is 0 Å². The molecular formula is C28H33ClN4O2. The molecule has 0 saturated carbocycles. The van der Waals surface area contributed by atoms with Crippen LogP contribution in [0.2, 0.25) is 5.02 Å². The van der Waals surface area contributed by atoms with Crippen molar-refractivity contribution in [1.82, 2.24) is 14.4 Å². The number of anilines is 1. The zero-order valence-corrected chi connectivity index (χ0v) is 21.0. The number of ether oxygens (including phenoxy) is 1. The fraction of sp³-hybridized carbons (Fsp3) is 0.393. The van der Waals surface area contributed by atoms with Gasteiger partial charge in [-0.2, -0.15) is 0 Å². The van der Waals surface area contributed by atoms with Gasteiger partial charge in [0, 0.05) is 69.0 Å². The van der Waals surface area contributed by atoms with Gasteiger partial charge in [0.25, 0.3) is 5.91 Å². The average molecular weight is 493 g/mol. The molecule has 1 aromatic heterocycles. The number of nitrogens with zero attached hydrogens (tertiary/aromatic N) is 4. The molecule has 1 atom stereocenters. The molecule has 0 spiro atoms. The predicted molar refractivity (Wildman–Crippen MR) is 141 cm³/mol. The van der Waals surface area contributed by atoms with Gasteiger partial charge in [-0.05, 0) is 61.9 Å². The van der Waals surface area contributed by atoms with Crippen molar-refractivity contribution in [3.63, 3.8) is 0 Å². The Morgan fingerprint density at radius 1 is 0.886 bits per heavy atom. The SMILES string of the molecule is COC1CCN(CCCN2CCN(c3ccc(Cl)cc3)CC2)C(=O)c2ccn(-c3ccccc3)c21. The molecule has 1 saturated heterocycles. The lowest BCUT2D eigenvalue weighted by atomic mass is 10.1. The van der Waals surface area contributed by atoms with Gasteiger partial charge < -0.3 is 19.1 Å². The van der Waals surface area contributed by atoms with E-state index in [-0.39, 0.29) is 12.0 Å². The van der Waals surface area contributed by atoms with Crippen molar-refractivity contribution in [2.45, 2.75) is 18.9 Å². The van der Waals surface area contributed by atoms with Crippen molar-refractivity contribution >= 4 is 23.2 Å². The quantitative estimate of drug-likeness (QED) is 0.471. The molecule has 3 aromatic rings. The number of hydrogen-bond donors (Lipinski definition) is 0. The standard InChI is InChI=1S/C28H33ClN4O2/c1-35-26-13-16-32(28(34)25-12-17-33(27(25)26)24-6-3-2-4-7-24)15-5-14-30-18-20-31(21-19-30)23-10-8-22(29)9-11-23/h2-4,6-12,17,26H,5,13-16,18-21H2,1H3. The molecule has 6 nitrogen and oxygen atoms in total. The van der Waals surface area contributed by atoms with Crippen LogP contribution in [0.3, 0.4) is 0 Å². The molecule has 7 heteroatoms. The molecule has 5 rings (SSSR count). The molecule has 0 N–H and O–H groups in total. The summed E-state index contributed by atoms with van der Waals surface area (Å²) >= 11 is 6.03. The third kappa shape index (κ3) is 5.25. The van der Waals surface area contributed by atoms with Gasteiger partial charge in [-0.15, -0.1) is 0 Å². The lowest BCUT2D eigenvalue weighted by Gasteiger charge is -2.36. The number of piperazine rings is 1. The summed E-state index contributed by atoms with van der Waals surface area (Å²) in [4.78, 5) is 20.4. The Labute approximate surface area is 212 Å². The van der Waals surface area contributed by atoms with Gasteiger partial charge in [0.15, 0.2) is 0 Å². The lowest BCUT2D eigenvalue weighted by Crippen LogP contribution is -2.47. The van der Waals surface area contributed by atoms with Gasteiger partial charge in [-0.25, -0.2) is 0 Å². The normalized spacial score (nSPS) is 19.0. The average Bonchev–Trinajstić information content (AvgIpc) is 3.29. The van der Waals surface area contributed by atoms with Crippen molar-refractivity contribution in [3.8, 4) is 5.69 Å². The first-order valence-corrected chi connectivity index (χ1v) is 12.8. The molecule has 35 heavy (non-hydrogen) atoms. The highest BCUT2D eigenvalue weighted by atomic mass is 35.5. The number of halogens is 1. The third-order valence-electron chi connectivity index (χ3n) is 7.19. The number of methoxy groups -OCH3 is 1. The van der Waals surface area contributed by atoms with Crippen LogP contribution in [0.4, 0.5) is 5.69 Å². The Kier molecular flexibility index (Phi) is 7.42. The Bertz CT molecular complexity index is 1120. The number of aromatic nitrogens is 1. The van der Waals surface area contributed by atoms with Crippen molar-refractivity contribution in [3.05, 3.63) is 83.1 Å². The number of rotatable bonds is 7. The molecule has 2 aliphatic rings. The molecule has 1 fully saturated rings. The molecule has 2 aromatic carbocycles. The number of hydrogen-bond acceptors (Lipinski definition) is 4. The zero-order valence-electron chi connectivity index (χ0n) is 20.3. The molecular weight excluding hydrogens is 460 g/mol. The number of benzene rings is 2. The first-order valence-electron chi connectivity index (χ1n) is 12.5. The molecule has 2 aliphatic heterocycles. The number of amides is 1. The smallest absolute Gasteiger partial charge is 0.255 e. The van der Waals surface area contributed by atoms with E-state index < -0.39 is 0 Å². The van der Waals surface area contributed by atoms with Gasteiger partial charge >= 0.3 is 0 Å². The molecule has 0 aliphatic carbocycles. The third-order valence-corrected chi connectivity index (χ3v) is 7.45. The summed E-state index contributed by atoms with van der Waals surface area (Å²) in [7, 11) is 1.74. The fourth-order valence-electron chi connectivity index (χ4n) is 5.26. The van der Waals surface area contributed by atoms with Crippen LogP contribution in [0.25, 0.3) is 5.69 Å². The topological polar surface area (TPSA) is 41.0 Å². The second-order valence-electron chi connectivity index (χ2n) is 9.28. The van der Waals surface area contributed by atoms with E-state index >= 15 is 0 Å². The summed E-state index contributed by atoms with van der Waals surface area (Å²) in [6.45, 7) is 6.57. The summed E-state index contributed by atoms with van der Waals surface area (Å²) in [5.41, 5.74) is 4.00. The number of fused-ring (bicyclic) bond motifs is 1. The van der Waals surface area contributed by atoms with Crippen molar-refractivity contribution in [2.75, 3.05) is 57.8 Å². The number of carbonyl (C=O) groups is 1. The highest BCUT2D eigenvalue weighted by molar-refractivity contribution is 6.30. The van der Waals surface area contributed by atoms with E-state index in [1.54, 1.807) is 7.11 Å². The second-order valence-corrected chi connectivity index (χ2v) is 9.72. The van der Waals surface area contributed by atoms with Crippen LogP contribution >= 0.6 is 11.6 Å². The van der Waals surface area contributed by atoms with Crippen LogP contribution in [0, 0.1) is 0 Å². The maximum atomic E-state index is 13.5. The van der Waals surface area contributed by atoms with Gasteiger partial charge in [0.1, 0.15) is 0 Å². The van der Waals surface area contributed by atoms with E-state index in [9.17, 15) is 4.79 Å². The number of para-hydroxylation sites is 1. The van der Waals surface area contributed by atoms with Crippen LogP contribution in [0.5, 0.6) is 0 Å². The fourth-order valence-corrected chi connectivity index (χ4v) is 5.38. The number of carbonyl (C=O) groups excluding carboxylic acids is 1. The monoisotopic (exact) mass is 492 g/mol. The minimum atomic E-state index is -0.102. The minimum Gasteiger partial charge on any atom is -0.375 e. The van der Waals surface area contributed by atoms with E-state index in [1.165, 1.54) is 5.69 Å². The van der Waals surface area contributed by atoms with Crippen LogP contribution in [0.1, 0.15) is 35.0 Å². The van der Waals surface area contributed by atoms with Crippen LogP contribution < -0.4 is 4.90 Å². The maximum absolute atomic E-state index is 13.5. The Morgan fingerprint density at radius 3 is 2.34 bits per heavy atom. The summed E-state index contributed by atoms with van der Waals surface area (Å²) in [5.74, 6) is 0.113. The summed E-state index contributed by atoms with van der Waals surface area (Å²) in [6.07, 6.45) is 3.66. The first-order chi connectivity index (χ1) is 17.1. The van der Waals surface area contributed by atoms with Crippen LogP contribution in [-0.4, -0.2) is 73.2 Å². The zero-order chi connectivity index (χ0) is 24.2. The summed E-state index contributed by atoms with van der Waals surface area (Å²) in [6, 6.07) is 20.2. The van der Waals surface area contributed by atoms with E-state index in [0.29, 0.717) is 6.54 Å². The van der Waals surface area contributed by atoms with Gasteiger partial charge in [-0.3, -0.25) is 9.69 Å². The Morgan fingerprint density at radius 2 is 1.63 bits per heavy atom. The predicted octanol–water partition coefficient (Wildman–Crippen LogP) is 4.88. The highest BCUT2D eigenvalue weighted by Crippen LogP contribution is 2.32. The Balaban J connectivity index is 1.18. The maximum Gasteiger partial charge on any atom is 0.255 e. The highest BCUT2D eigenvalue weighted by Gasteiger charge is 2.31. The molecule has 1 amide bonds. The Hall–Kier alpha value is -2.80.